The number of piperidine rings is 1. The van der Waals surface area contributed by atoms with Crippen molar-refractivity contribution >= 4 is 23.0 Å². The Hall–Kier alpha value is -3.51. The smallest absolute Gasteiger partial charge is 0.380 e. The zero-order valence-electron chi connectivity index (χ0n) is 21.6. The largest absolute Gasteiger partial charge is 0.423 e. The Balaban J connectivity index is 1.19. The molecule has 2 aliphatic rings. The van der Waals surface area contributed by atoms with Crippen molar-refractivity contribution in [2.24, 2.45) is 5.92 Å². The topological polar surface area (TPSA) is 78.7 Å². The summed E-state index contributed by atoms with van der Waals surface area (Å²) in [4.78, 5) is 26.3. The summed E-state index contributed by atoms with van der Waals surface area (Å²) < 4.78 is 78.1. The molecule has 2 aliphatic heterocycles. The van der Waals surface area contributed by atoms with Crippen LogP contribution >= 0.6 is 0 Å². The number of nitrogens with zero attached hydrogens (tertiary/aromatic N) is 3. The number of carbonyl (C=O) groups is 1. The molecule has 4 rings (SSSR count). The minimum Gasteiger partial charge on any atom is -0.380 e. The number of nitrogens with one attached hydrogen (secondary N) is 1. The van der Waals surface area contributed by atoms with E-state index < -0.39 is 34.1 Å². The molecule has 0 aliphatic carbocycles. The molecule has 0 aromatic heterocycles. The standard InChI is InChI=1S/C27H30F6N4O3/c28-26(29,30)19-4-7-22(8-5-19)35-13-10-18(11-14-35)2-1-3-25(38)36-15-12-21(17-36)34-20-6-9-24(37(39)40)23(16-20)27(31,32)33/h4-9,16,18,21,34H,1-3,10-15,17H2/t21-/m1/s1. The van der Waals surface area contributed by atoms with Crippen LogP contribution in [0.4, 0.5) is 43.4 Å². The average molecular weight is 573 g/mol. The van der Waals surface area contributed by atoms with E-state index in [1.54, 1.807) is 4.90 Å². The van der Waals surface area contributed by atoms with Gasteiger partial charge in [0.2, 0.25) is 5.91 Å². The second-order valence-electron chi connectivity index (χ2n) is 10.3. The summed E-state index contributed by atoms with van der Waals surface area (Å²) >= 11 is 0. The van der Waals surface area contributed by atoms with E-state index in [4.69, 9.17) is 0 Å². The van der Waals surface area contributed by atoms with Crippen molar-refractivity contribution < 1.29 is 36.1 Å². The zero-order valence-corrected chi connectivity index (χ0v) is 21.6. The maximum atomic E-state index is 13.2. The van der Waals surface area contributed by atoms with Crippen LogP contribution in [0.1, 0.15) is 49.7 Å². The van der Waals surface area contributed by atoms with E-state index in [1.165, 1.54) is 18.2 Å². The quantitative estimate of drug-likeness (QED) is 0.216. The van der Waals surface area contributed by atoms with Crippen LogP contribution < -0.4 is 10.2 Å². The second kappa shape index (κ2) is 11.9. The number of hydrogen-bond acceptors (Lipinski definition) is 5. The van der Waals surface area contributed by atoms with Gasteiger partial charge in [-0.25, -0.2) is 0 Å². The highest BCUT2D eigenvalue weighted by molar-refractivity contribution is 5.76. The molecule has 0 radical (unpaired) electrons. The summed E-state index contributed by atoms with van der Waals surface area (Å²) in [6.45, 7) is 2.29. The third kappa shape index (κ3) is 7.36. The van der Waals surface area contributed by atoms with E-state index in [-0.39, 0.29) is 17.6 Å². The number of anilines is 2. The van der Waals surface area contributed by atoms with Gasteiger partial charge in [-0.3, -0.25) is 14.9 Å². The molecule has 1 N–H and O–H groups in total. The van der Waals surface area contributed by atoms with Gasteiger partial charge in [0.1, 0.15) is 5.56 Å². The van der Waals surface area contributed by atoms with Gasteiger partial charge in [-0.1, -0.05) is 0 Å². The number of halogens is 6. The fourth-order valence-electron chi connectivity index (χ4n) is 5.39. The minimum atomic E-state index is -4.86. The Labute approximate surface area is 227 Å². The fraction of sp³-hybridized carbons (Fsp3) is 0.519. The monoisotopic (exact) mass is 572 g/mol. The Morgan fingerprint density at radius 1 is 0.950 bits per heavy atom. The molecule has 0 saturated carbocycles. The molecular formula is C27H30F6N4O3. The molecule has 218 valence electrons. The Morgan fingerprint density at radius 3 is 2.23 bits per heavy atom. The van der Waals surface area contributed by atoms with Gasteiger partial charge in [0.05, 0.1) is 10.5 Å². The minimum absolute atomic E-state index is 0.0221. The molecule has 1 amide bonds. The van der Waals surface area contributed by atoms with Gasteiger partial charge in [-0.05, 0) is 74.4 Å². The molecule has 2 saturated heterocycles. The molecule has 2 fully saturated rings. The predicted octanol–water partition coefficient (Wildman–Crippen LogP) is 6.73. The van der Waals surface area contributed by atoms with Crippen molar-refractivity contribution in [2.75, 3.05) is 36.4 Å². The number of hydrogen-bond donors (Lipinski definition) is 1. The molecule has 0 unspecified atom stereocenters. The maximum absolute atomic E-state index is 13.2. The third-order valence-electron chi connectivity index (χ3n) is 7.59. The van der Waals surface area contributed by atoms with Crippen LogP contribution in [0, 0.1) is 16.0 Å². The lowest BCUT2D eigenvalue weighted by Gasteiger charge is -2.34. The molecule has 1 atom stereocenters. The van der Waals surface area contributed by atoms with E-state index in [1.807, 2.05) is 0 Å². The Morgan fingerprint density at radius 2 is 1.62 bits per heavy atom. The summed E-state index contributed by atoms with van der Waals surface area (Å²) in [6.07, 6.45) is -4.96. The molecule has 0 bridgehead atoms. The van der Waals surface area contributed by atoms with Crippen LogP contribution in [0.3, 0.4) is 0 Å². The first-order valence-electron chi connectivity index (χ1n) is 13.1. The van der Waals surface area contributed by atoms with Crippen molar-refractivity contribution in [3.63, 3.8) is 0 Å². The normalized spacial score (nSPS) is 18.7. The number of benzene rings is 2. The molecule has 40 heavy (non-hydrogen) atoms. The molecule has 13 heteroatoms. The summed E-state index contributed by atoms with van der Waals surface area (Å²) in [5, 5.41) is 13.9. The first kappa shape index (κ1) is 29.5. The lowest BCUT2D eigenvalue weighted by atomic mass is 9.91. The van der Waals surface area contributed by atoms with Crippen LogP contribution in [-0.4, -0.2) is 48.0 Å². The molecule has 2 heterocycles. The number of nitro groups is 1. The zero-order chi connectivity index (χ0) is 29.1. The number of alkyl halides is 6. The second-order valence-corrected chi connectivity index (χ2v) is 10.3. The number of rotatable bonds is 8. The molecule has 7 nitrogen and oxygen atoms in total. The third-order valence-corrected chi connectivity index (χ3v) is 7.59. The lowest BCUT2D eigenvalue weighted by molar-refractivity contribution is -0.388. The molecule has 2 aromatic carbocycles. The van der Waals surface area contributed by atoms with E-state index in [9.17, 15) is 41.3 Å². The number of amides is 1. The molecule has 2 aromatic rings. The summed E-state index contributed by atoms with van der Waals surface area (Å²) in [7, 11) is 0. The summed E-state index contributed by atoms with van der Waals surface area (Å²) in [5.74, 6) is 0.405. The SMILES string of the molecule is O=C(CCCC1CCN(c2ccc(C(F)(F)F)cc2)CC1)N1CC[C@@H](Nc2ccc([N+](=O)[O-])c(C(F)(F)F)c2)C1. The van der Waals surface area contributed by atoms with Crippen LogP contribution in [0.2, 0.25) is 0 Å². The maximum Gasteiger partial charge on any atom is 0.423 e. The van der Waals surface area contributed by atoms with Crippen molar-refractivity contribution in [1.29, 1.82) is 0 Å². The molecule has 0 spiro atoms. The van der Waals surface area contributed by atoms with Gasteiger partial charge in [0.15, 0.2) is 0 Å². The molecular weight excluding hydrogens is 542 g/mol. The number of nitro benzene ring substituents is 1. The summed E-state index contributed by atoms with van der Waals surface area (Å²) in [5.41, 5.74) is -2.12. The lowest BCUT2D eigenvalue weighted by Crippen LogP contribution is -2.34. The van der Waals surface area contributed by atoms with Gasteiger partial charge < -0.3 is 15.1 Å². The first-order chi connectivity index (χ1) is 18.8. The van der Waals surface area contributed by atoms with Gasteiger partial charge in [-0.15, -0.1) is 0 Å². The van der Waals surface area contributed by atoms with E-state index in [2.05, 4.69) is 10.2 Å². The Bertz CT molecular complexity index is 1190. The van der Waals surface area contributed by atoms with Gasteiger partial charge >= 0.3 is 12.4 Å². The van der Waals surface area contributed by atoms with Gasteiger partial charge in [0, 0.05) is 56.1 Å². The van der Waals surface area contributed by atoms with Crippen LogP contribution in [0.25, 0.3) is 0 Å². The van der Waals surface area contributed by atoms with Crippen molar-refractivity contribution in [1.82, 2.24) is 4.90 Å². The highest BCUT2D eigenvalue weighted by atomic mass is 19.4. The number of likely N-dealkylation sites (tertiary alicyclic amines) is 1. The van der Waals surface area contributed by atoms with Gasteiger partial charge in [-0.2, -0.15) is 26.3 Å². The highest BCUT2D eigenvalue weighted by Gasteiger charge is 2.39. The van der Waals surface area contributed by atoms with E-state index in [0.29, 0.717) is 38.3 Å². The Kier molecular flexibility index (Phi) is 8.79. The van der Waals surface area contributed by atoms with Crippen molar-refractivity contribution in [3.05, 3.63) is 63.7 Å². The average Bonchev–Trinajstić information content (AvgIpc) is 3.36. The van der Waals surface area contributed by atoms with Crippen molar-refractivity contribution in [3.8, 4) is 0 Å². The van der Waals surface area contributed by atoms with Crippen LogP contribution in [-0.2, 0) is 17.1 Å². The van der Waals surface area contributed by atoms with Crippen LogP contribution in [0.15, 0.2) is 42.5 Å². The van der Waals surface area contributed by atoms with E-state index >= 15 is 0 Å². The first-order valence-corrected chi connectivity index (χ1v) is 13.1. The van der Waals surface area contributed by atoms with Crippen molar-refractivity contribution in [2.45, 2.75) is 56.9 Å². The fourth-order valence-corrected chi connectivity index (χ4v) is 5.39. The van der Waals surface area contributed by atoms with E-state index in [0.717, 1.165) is 62.3 Å². The number of carbonyl (C=O) groups excluding carboxylic acids is 1. The van der Waals surface area contributed by atoms with Crippen LogP contribution in [0.5, 0.6) is 0 Å². The predicted molar refractivity (Wildman–Crippen MR) is 137 cm³/mol. The van der Waals surface area contributed by atoms with Gasteiger partial charge in [0.25, 0.3) is 5.69 Å². The summed E-state index contributed by atoms with van der Waals surface area (Å²) in [6, 6.07) is 7.71. The highest BCUT2D eigenvalue weighted by Crippen LogP contribution is 2.38.